The molecular weight excluding hydrogens is 585 g/mol. The number of esters is 1. The van der Waals surface area contributed by atoms with Crippen molar-refractivity contribution in [2.45, 2.75) is 32.0 Å². The Morgan fingerprint density at radius 3 is 2.46 bits per heavy atom. The van der Waals surface area contributed by atoms with E-state index in [4.69, 9.17) is 32.7 Å². The summed E-state index contributed by atoms with van der Waals surface area (Å²) >= 11 is 12.5. The number of hydrogen-bond acceptors (Lipinski definition) is 7. The second kappa shape index (κ2) is 11.9. The number of aromatic nitrogens is 1. The predicted molar refractivity (Wildman–Crippen MR) is 142 cm³/mol. The van der Waals surface area contributed by atoms with Gasteiger partial charge in [-0.1, -0.05) is 41.4 Å². The van der Waals surface area contributed by atoms with E-state index in [2.05, 4.69) is 4.74 Å². The molecule has 2 aliphatic rings. The van der Waals surface area contributed by atoms with Gasteiger partial charge in [0.25, 0.3) is 11.7 Å². The van der Waals surface area contributed by atoms with E-state index in [9.17, 15) is 28.4 Å². The van der Waals surface area contributed by atoms with Crippen LogP contribution in [-0.2, 0) is 20.7 Å². The number of hydrogen-bond donors (Lipinski definition) is 0. The lowest BCUT2D eigenvalue weighted by Gasteiger charge is -2.23. The molecule has 1 aliphatic carbocycles. The maximum atomic E-state index is 13.2. The number of alkyl halides is 2. The zero-order valence-electron chi connectivity index (χ0n) is 21.2. The van der Waals surface area contributed by atoms with Gasteiger partial charge >= 0.3 is 12.6 Å². The maximum absolute atomic E-state index is 13.2. The Morgan fingerprint density at radius 2 is 1.78 bits per heavy atom. The summed E-state index contributed by atoms with van der Waals surface area (Å²) in [6.45, 7) is -3.38. The first-order valence-electron chi connectivity index (χ1n) is 12.5. The minimum absolute atomic E-state index is 0.00524. The maximum Gasteiger partial charge on any atom is 0.387 e. The highest BCUT2D eigenvalue weighted by atomic mass is 35.5. The van der Waals surface area contributed by atoms with Crippen molar-refractivity contribution in [3.63, 3.8) is 0 Å². The Hall–Kier alpha value is -3.96. The van der Waals surface area contributed by atoms with Crippen LogP contribution in [0.1, 0.15) is 40.4 Å². The molecule has 13 heteroatoms. The van der Waals surface area contributed by atoms with Crippen molar-refractivity contribution in [3.05, 3.63) is 86.8 Å². The number of anilines is 1. The summed E-state index contributed by atoms with van der Waals surface area (Å²) in [4.78, 5) is 39.1. The van der Waals surface area contributed by atoms with Gasteiger partial charge in [0, 0.05) is 12.0 Å². The number of ether oxygens (including phenoxy) is 3. The molecule has 0 bridgehead atoms. The van der Waals surface area contributed by atoms with Crippen LogP contribution in [0.4, 0.5) is 14.5 Å². The first-order valence-corrected chi connectivity index (χ1v) is 13.3. The molecule has 0 radical (unpaired) electrons. The average molecular weight is 607 g/mol. The highest BCUT2D eigenvalue weighted by Crippen LogP contribution is 2.38. The van der Waals surface area contributed by atoms with Gasteiger partial charge in [0.05, 0.1) is 17.9 Å². The number of nitrogens with zero attached hydrogens (tertiary/aromatic N) is 2. The van der Waals surface area contributed by atoms with Gasteiger partial charge in [-0.3, -0.25) is 19.3 Å². The van der Waals surface area contributed by atoms with Crippen LogP contribution >= 0.6 is 23.2 Å². The lowest BCUT2D eigenvalue weighted by Crippen LogP contribution is -2.36. The number of rotatable bonds is 11. The molecule has 2 heterocycles. The summed E-state index contributed by atoms with van der Waals surface area (Å²) in [6, 6.07) is 10.3. The second-order valence-electron chi connectivity index (χ2n) is 9.55. The summed E-state index contributed by atoms with van der Waals surface area (Å²) in [7, 11) is 0. The lowest BCUT2D eigenvalue weighted by atomic mass is 10.0. The highest BCUT2D eigenvalue weighted by Gasteiger charge is 2.37. The number of Topliss-reactive ketones (excluding diaryl/α,β-unsaturated/α-hetero) is 1. The summed E-state index contributed by atoms with van der Waals surface area (Å²) in [6.07, 6.45) is 2.83. The molecular formula is C28H22Cl2F2N2O7. The zero-order valence-corrected chi connectivity index (χ0v) is 22.7. The molecule has 1 fully saturated rings. The molecule has 3 aromatic rings. The van der Waals surface area contributed by atoms with E-state index in [-0.39, 0.29) is 51.4 Å². The Kier molecular flexibility index (Phi) is 8.27. The Labute approximate surface area is 242 Å². The third-order valence-electron chi connectivity index (χ3n) is 6.61. The van der Waals surface area contributed by atoms with Gasteiger partial charge in [-0.25, -0.2) is 0 Å². The van der Waals surface area contributed by atoms with Gasteiger partial charge in [0.2, 0.25) is 0 Å². The van der Waals surface area contributed by atoms with Crippen molar-refractivity contribution in [2.24, 2.45) is 5.92 Å². The number of carbonyl (C=O) groups is 3. The number of carbonyl (C=O) groups excluding carboxylic acids is 3. The Balaban J connectivity index is 1.45. The summed E-state index contributed by atoms with van der Waals surface area (Å²) in [5.41, 5.74) is 1.04. The summed E-state index contributed by atoms with van der Waals surface area (Å²) in [5.74, 6) is -2.37. The monoisotopic (exact) mass is 606 g/mol. The van der Waals surface area contributed by atoms with Crippen LogP contribution in [0.5, 0.6) is 11.5 Å². The number of benzene rings is 2. The molecule has 1 unspecified atom stereocenters. The molecule has 9 nitrogen and oxygen atoms in total. The highest BCUT2D eigenvalue weighted by molar-refractivity contribution is 6.52. The van der Waals surface area contributed by atoms with Crippen molar-refractivity contribution < 1.29 is 42.1 Å². The van der Waals surface area contributed by atoms with Gasteiger partial charge in [-0.15, -0.1) is 0 Å². The molecule has 1 aromatic heterocycles. The smallest absolute Gasteiger partial charge is 0.387 e. The van der Waals surface area contributed by atoms with Gasteiger partial charge in [-0.2, -0.15) is 13.5 Å². The van der Waals surface area contributed by atoms with Crippen molar-refractivity contribution in [3.8, 4) is 11.5 Å². The van der Waals surface area contributed by atoms with Crippen molar-refractivity contribution in [1.82, 2.24) is 0 Å². The van der Waals surface area contributed by atoms with E-state index < -0.39 is 36.9 Å². The summed E-state index contributed by atoms with van der Waals surface area (Å²) in [5, 5.41) is 11.8. The third-order valence-corrected chi connectivity index (χ3v) is 7.27. The van der Waals surface area contributed by atoms with Crippen molar-refractivity contribution in [1.29, 1.82) is 0 Å². The predicted octanol–water partition coefficient (Wildman–Crippen LogP) is 5.07. The van der Waals surface area contributed by atoms with Crippen LogP contribution in [-0.4, -0.2) is 37.4 Å². The number of ketones is 1. The number of pyridine rings is 1. The van der Waals surface area contributed by atoms with E-state index in [0.29, 0.717) is 16.2 Å². The topological polar surface area (TPSA) is 109 Å². The standard InChI is InChI=1S/C28H22Cl2F2N2O7/c29-19-11-33(38)12-20(30)18(19)10-23(16-7-8-22(41-28(31)32)24(9-16)39-14-15-5-6-15)40-25(35)13-34-21-4-2-1-3-17(21)26(36)27(34)37/h1-4,7-9,11-12,15,23,28H,5-6,10,13-14H2. The number of fused-ring (bicyclic) bond motifs is 1. The van der Waals surface area contributed by atoms with Crippen LogP contribution in [0.15, 0.2) is 54.9 Å². The van der Waals surface area contributed by atoms with E-state index in [1.807, 2.05) is 0 Å². The first kappa shape index (κ1) is 28.6. The van der Waals surface area contributed by atoms with Crippen LogP contribution < -0.4 is 19.1 Å². The number of para-hydroxylation sites is 1. The summed E-state index contributed by atoms with van der Waals surface area (Å²) < 4.78 is 42.6. The van der Waals surface area contributed by atoms with Crippen LogP contribution in [0.3, 0.4) is 0 Å². The third kappa shape index (κ3) is 6.52. The van der Waals surface area contributed by atoms with Gasteiger partial charge in [-0.05, 0) is 48.6 Å². The normalized spacial score (nSPS) is 15.2. The fraction of sp³-hybridized carbons (Fsp3) is 0.286. The van der Waals surface area contributed by atoms with Gasteiger partial charge in [0.1, 0.15) is 22.7 Å². The van der Waals surface area contributed by atoms with Crippen LogP contribution in [0, 0.1) is 11.1 Å². The quantitative estimate of drug-likeness (QED) is 0.130. The molecule has 1 amide bonds. The number of amides is 1. The molecule has 0 spiro atoms. The first-order chi connectivity index (χ1) is 19.6. The van der Waals surface area contributed by atoms with Crippen LogP contribution in [0.25, 0.3) is 0 Å². The molecule has 0 saturated heterocycles. The van der Waals surface area contributed by atoms with E-state index in [1.54, 1.807) is 12.1 Å². The van der Waals surface area contributed by atoms with Crippen LogP contribution in [0.2, 0.25) is 10.0 Å². The van der Waals surface area contributed by atoms with E-state index >= 15 is 0 Å². The minimum Gasteiger partial charge on any atom is -0.619 e. The van der Waals surface area contributed by atoms with Crippen molar-refractivity contribution in [2.75, 3.05) is 18.1 Å². The number of halogens is 4. The molecule has 5 rings (SSSR count). The minimum atomic E-state index is -3.10. The fourth-order valence-corrected chi connectivity index (χ4v) is 4.99. The zero-order chi connectivity index (χ0) is 29.3. The molecule has 2 aromatic carbocycles. The lowest BCUT2D eigenvalue weighted by molar-refractivity contribution is -0.605. The van der Waals surface area contributed by atoms with Gasteiger partial charge < -0.3 is 19.4 Å². The Morgan fingerprint density at radius 1 is 1.07 bits per heavy atom. The molecule has 41 heavy (non-hydrogen) atoms. The molecule has 214 valence electrons. The molecule has 1 atom stereocenters. The average Bonchev–Trinajstić information content (AvgIpc) is 3.72. The molecule has 1 saturated carbocycles. The largest absolute Gasteiger partial charge is 0.619 e. The van der Waals surface area contributed by atoms with E-state index in [0.717, 1.165) is 30.1 Å². The van der Waals surface area contributed by atoms with Crippen molar-refractivity contribution >= 4 is 46.5 Å². The second-order valence-corrected chi connectivity index (χ2v) is 10.4. The molecule has 0 N–H and O–H groups in total. The molecule has 1 aliphatic heterocycles. The fourth-order valence-electron chi connectivity index (χ4n) is 4.39. The SMILES string of the molecule is O=C(CN1C(=O)C(=O)c2ccccc21)OC(Cc1c(Cl)c[n+]([O-])cc1Cl)c1ccc(OC(F)F)c(OCC2CC2)c1. The Bertz CT molecular complexity index is 1490. The van der Waals surface area contributed by atoms with E-state index in [1.165, 1.54) is 30.3 Å². The van der Waals surface area contributed by atoms with Gasteiger partial charge in [0.15, 0.2) is 23.9 Å².